The largest absolute Gasteiger partial charge is 0.459 e. The van der Waals surface area contributed by atoms with Crippen LogP contribution >= 0.6 is 0 Å². The summed E-state index contributed by atoms with van der Waals surface area (Å²) in [5, 5.41) is 0. The molecule has 7 heteroatoms. The van der Waals surface area contributed by atoms with Gasteiger partial charge >= 0.3 is 5.97 Å². The summed E-state index contributed by atoms with van der Waals surface area (Å²) in [7, 11) is 0. The molecule has 0 fully saturated rings. The highest BCUT2D eigenvalue weighted by Crippen LogP contribution is 2.29. The number of rotatable bonds is 8. The van der Waals surface area contributed by atoms with Crippen molar-refractivity contribution in [3.05, 3.63) is 29.8 Å². The van der Waals surface area contributed by atoms with Gasteiger partial charge in [-0.15, -0.1) is 0 Å². The Labute approximate surface area is 158 Å². The maximum Gasteiger partial charge on any atom is 0.344 e. The molecule has 27 heavy (non-hydrogen) atoms. The SMILES string of the molecule is CCOCCCn1c(N)c(C(=O)O[C@@H](C)CC)c2nc3ccccc3nc21. The maximum absolute atomic E-state index is 12.8. The first-order valence-electron chi connectivity index (χ1n) is 9.40. The Bertz CT molecular complexity index is 951. The van der Waals surface area contributed by atoms with E-state index in [-0.39, 0.29) is 6.10 Å². The van der Waals surface area contributed by atoms with E-state index in [0.29, 0.717) is 47.8 Å². The van der Waals surface area contributed by atoms with E-state index in [1.165, 1.54) is 0 Å². The third kappa shape index (κ3) is 3.88. The van der Waals surface area contributed by atoms with Crippen LogP contribution in [-0.2, 0) is 16.0 Å². The Balaban J connectivity index is 2.10. The van der Waals surface area contributed by atoms with Gasteiger partial charge in [0.15, 0.2) is 5.65 Å². The average Bonchev–Trinajstić information content (AvgIpc) is 2.94. The monoisotopic (exact) mass is 370 g/mol. The summed E-state index contributed by atoms with van der Waals surface area (Å²) in [5.74, 6) is -0.120. The number of para-hydroxylation sites is 2. The van der Waals surface area contributed by atoms with Crippen LogP contribution in [0.5, 0.6) is 0 Å². The van der Waals surface area contributed by atoms with Gasteiger partial charge in [0.25, 0.3) is 0 Å². The molecule has 2 N–H and O–H groups in total. The smallest absolute Gasteiger partial charge is 0.344 e. The molecule has 0 aliphatic rings. The van der Waals surface area contributed by atoms with Crippen LogP contribution in [0.3, 0.4) is 0 Å². The number of benzene rings is 1. The number of hydrogen-bond donors (Lipinski definition) is 1. The van der Waals surface area contributed by atoms with E-state index in [0.717, 1.165) is 18.4 Å². The van der Waals surface area contributed by atoms with Gasteiger partial charge in [0.1, 0.15) is 16.9 Å². The fourth-order valence-corrected chi connectivity index (χ4v) is 2.94. The summed E-state index contributed by atoms with van der Waals surface area (Å²) in [5.41, 5.74) is 9.20. The molecule has 0 saturated heterocycles. The second kappa shape index (κ2) is 8.35. The molecule has 0 bridgehead atoms. The van der Waals surface area contributed by atoms with Gasteiger partial charge in [-0.2, -0.15) is 0 Å². The van der Waals surface area contributed by atoms with Gasteiger partial charge < -0.3 is 19.8 Å². The fraction of sp³-hybridized carbons (Fsp3) is 0.450. The van der Waals surface area contributed by atoms with Crippen LogP contribution in [0.25, 0.3) is 22.2 Å². The summed E-state index contributed by atoms with van der Waals surface area (Å²) in [6.07, 6.45) is 1.30. The second-order valence-electron chi connectivity index (χ2n) is 6.47. The number of anilines is 1. The molecule has 144 valence electrons. The van der Waals surface area contributed by atoms with E-state index >= 15 is 0 Å². The van der Waals surface area contributed by atoms with Gasteiger partial charge in [0.2, 0.25) is 0 Å². The molecule has 0 amide bonds. The first-order valence-corrected chi connectivity index (χ1v) is 9.40. The molecular weight excluding hydrogens is 344 g/mol. The molecule has 7 nitrogen and oxygen atoms in total. The molecule has 0 aliphatic heterocycles. The van der Waals surface area contributed by atoms with Crippen LogP contribution in [0.15, 0.2) is 24.3 Å². The fourth-order valence-electron chi connectivity index (χ4n) is 2.94. The number of nitrogens with two attached hydrogens (primary N) is 1. The lowest BCUT2D eigenvalue weighted by atomic mass is 10.2. The standard InChI is InChI=1S/C20H26N4O3/c1-4-13(3)27-20(25)16-17-19(23-15-10-7-6-9-14(15)22-17)24(18(16)21)11-8-12-26-5-2/h6-7,9-10,13H,4-5,8,11-12,21H2,1-3H3/t13-/m0/s1. The number of carbonyl (C=O) groups excluding carboxylic acids is 1. The topological polar surface area (TPSA) is 92.3 Å². The summed E-state index contributed by atoms with van der Waals surface area (Å²) in [4.78, 5) is 22.1. The molecule has 1 aromatic carbocycles. The predicted octanol–water partition coefficient (Wildman–Crippen LogP) is 3.55. The van der Waals surface area contributed by atoms with E-state index in [2.05, 4.69) is 4.98 Å². The Kier molecular flexibility index (Phi) is 5.91. The summed E-state index contributed by atoms with van der Waals surface area (Å²) >= 11 is 0. The van der Waals surface area contributed by atoms with Crippen LogP contribution in [0.2, 0.25) is 0 Å². The molecule has 0 spiro atoms. The number of aryl methyl sites for hydroxylation is 1. The summed E-state index contributed by atoms with van der Waals surface area (Å²) < 4.78 is 12.8. The molecule has 3 rings (SSSR count). The Hall–Kier alpha value is -2.67. The van der Waals surface area contributed by atoms with Gasteiger partial charge in [0.05, 0.1) is 17.1 Å². The Morgan fingerprint density at radius 1 is 1.22 bits per heavy atom. The zero-order valence-corrected chi connectivity index (χ0v) is 16.1. The number of esters is 1. The van der Waals surface area contributed by atoms with Crippen molar-refractivity contribution in [1.82, 2.24) is 14.5 Å². The van der Waals surface area contributed by atoms with Crippen molar-refractivity contribution >= 4 is 34.0 Å². The quantitative estimate of drug-likeness (QED) is 0.481. The van der Waals surface area contributed by atoms with Crippen molar-refractivity contribution in [3.8, 4) is 0 Å². The van der Waals surface area contributed by atoms with E-state index in [9.17, 15) is 4.79 Å². The van der Waals surface area contributed by atoms with Crippen molar-refractivity contribution < 1.29 is 14.3 Å². The minimum atomic E-state index is -0.458. The summed E-state index contributed by atoms with van der Waals surface area (Å²) in [6.45, 7) is 7.65. The van der Waals surface area contributed by atoms with Crippen LogP contribution in [0, 0.1) is 0 Å². The van der Waals surface area contributed by atoms with Crippen molar-refractivity contribution in [3.63, 3.8) is 0 Å². The lowest BCUT2D eigenvalue weighted by molar-refractivity contribution is 0.0338. The number of aromatic nitrogens is 3. The molecular formula is C20H26N4O3. The van der Waals surface area contributed by atoms with Gasteiger partial charge in [-0.05, 0) is 38.8 Å². The van der Waals surface area contributed by atoms with Gasteiger partial charge in [-0.3, -0.25) is 0 Å². The third-order valence-electron chi connectivity index (χ3n) is 4.55. The number of fused-ring (bicyclic) bond motifs is 2. The number of nitrogens with zero attached hydrogens (tertiary/aromatic N) is 3. The van der Waals surface area contributed by atoms with E-state index in [1.54, 1.807) is 0 Å². The molecule has 0 radical (unpaired) electrons. The highest BCUT2D eigenvalue weighted by atomic mass is 16.5. The van der Waals surface area contributed by atoms with Gasteiger partial charge in [-0.25, -0.2) is 14.8 Å². The number of nitrogen functional groups attached to an aromatic ring is 1. The number of carbonyl (C=O) groups is 1. The van der Waals surface area contributed by atoms with Crippen molar-refractivity contribution in [2.75, 3.05) is 18.9 Å². The minimum Gasteiger partial charge on any atom is -0.459 e. The zero-order chi connectivity index (χ0) is 19.4. The highest BCUT2D eigenvalue weighted by molar-refractivity contribution is 6.08. The maximum atomic E-state index is 12.8. The first kappa shape index (κ1) is 19.1. The number of hydrogen-bond acceptors (Lipinski definition) is 6. The lowest BCUT2D eigenvalue weighted by Crippen LogP contribution is -2.16. The molecule has 0 saturated carbocycles. The molecule has 2 aromatic heterocycles. The Morgan fingerprint density at radius 3 is 2.59 bits per heavy atom. The summed E-state index contributed by atoms with van der Waals surface area (Å²) in [6, 6.07) is 7.57. The molecule has 0 unspecified atom stereocenters. The van der Waals surface area contributed by atoms with E-state index < -0.39 is 5.97 Å². The Morgan fingerprint density at radius 2 is 1.93 bits per heavy atom. The highest BCUT2D eigenvalue weighted by Gasteiger charge is 2.25. The van der Waals surface area contributed by atoms with Crippen LogP contribution in [0.4, 0.5) is 5.82 Å². The molecule has 2 heterocycles. The van der Waals surface area contributed by atoms with Gasteiger partial charge in [0, 0.05) is 19.8 Å². The average molecular weight is 370 g/mol. The van der Waals surface area contributed by atoms with Crippen LogP contribution in [0.1, 0.15) is 44.0 Å². The van der Waals surface area contributed by atoms with Crippen molar-refractivity contribution in [1.29, 1.82) is 0 Å². The normalized spacial score (nSPS) is 12.6. The van der Waals surface area contributed by atoms with Crippen molar-refractivity contribution in [2.24, 2.45) is 0 Å². The number of ether oxygens (including phenoxy) is 2. The first-order chi connectivity index (χ1) is 13.1. The lowest BCUT2D eigenvalue weighted by Gasteiger charge is -2.11. The molecule has 0 aliphatic carbocycles. The minimum absolute atomic E-state index is 0.193. The predicted molar refractivity (Wildman–Crippen MR) is 106 cm³/mol. The zero-order valence-electron chi connectivity index (χ0n) is 16.1. The van der Waals surface area contributed by atoms with Crippen molar-refractivity contribution in [2.45, 2.75) is 46.3 Å². The van der Waals surface area contributed by atoms with E-state index in [1.807, 2.05) is 49.6 Å². The van der Waals surface area contributed by atoms with Gasteiger partial charge in [-0.1, -0.05) is 19.1 Å². The molecule has 1 atom stereocenters. The second-order valence-corrected chi connectivity index (χ2v) is 6.47. The van der Waals surface area contributed by atoms with E-state index in [4.69, 9.17) is 20.2 Å². The van der Waals surface area contributed by atoms with Crippen LogP contribution in [-0.4, -0.2) is 39.8 Å². The van der Waals surface area contributed by atoms with Crippen LogP contribution < -0.4 is 5.73 Å². The third-order valence-corrected chi connectivity index (χ3v) is 4.55. The molecule has 3 aromatic rings.